The van der Waals surface area contributed by atoms with E-state index in [0.717, 1.165) is 38.2 Å². The fourth-order valence-corrected chi connectivity index (χ4v) is 4.36. The Kier molecular flexibility index (Phi) is 3.33. The highest BCUT2D eigenvalue weighted by atomic mass is 16.1. The lowest BCUT2D eigenvalue weighted by atomic mass is 9.95. The molecule has 5 aromatic rings. The van der Waals surface area contributed by atoms with Crippen molar-refractivity contribution in [3.8, 4) is 0 Å². The highest BCUT2D eigenvalue weighted by molar-refractivity contribution is 6.15. The molecular formula is C24H22N2O. The molecule has 0 amide bonds. The largest absolute Gasteiger partial charge is 0.268 e. The molecule has 0 fully saturated rings. The van der Waals surface area contributed by atoms with Crippen LogP contribution in [-0.4, -0.2) is 9.38 Å². The predicted octanol–water partition coefficient (Wildman–Crippen LogP) is 5.84. The Morgan fingerprint density at radius 2 is 1.44 bits per heavy atom. The van der Waals surface area contributed by atoms with Crippen molar-refractivity contribution >= 4 is 38.2 Å². The Hall–Kier alpha value is -2.94. The zero-order valence-electron chi connectivity index (χ0n) is 16.1. The minimum Gasteiger partial charge on any atom is -0.268 e. The van der Waals surface area contributed by atoms with Gasteiger partial charge in [-0.15, -0.1) is 0 Å². The number of imidazole rings is 1. The van der Waals surface area contributed by atoms with Gasteiger partial charge in [-0.25, -0.2) is 4.98 Å². The molecule has 0 saturated heterocycles. The Morgan fingerprint density at radius 3 is 2.11 bits per heavy atom. The average Bonchev–Trinajstić information content (AvgIpc) is 3.05. The molecule has 2 aromatic heterocycles. The molecule has 27 heavy (non-hydrogen) atoms. The number of hydrogen-bond acceptors (Lipinski definition) is 2. The lowest BCUT2D eigenvalue weighted by molar-refractivity contribution is 0.854. The summed E-state index contributed by atoms with van der Waals surface area (Å²) in [6, 6.07) is 16.5. The zero-order chi connectivity index (χ0) is 18.9. The van der Waals surface area contributed by atoms with E-state index in [9.17, 15) is 4.79 Å². The lowest BCUT2D eigenvalue weighted by Gasteiger charge is -2.13. The van der Waals surface area contributed by atoms with E-state index in [1.807, 2.05) is 22.6 Å². The van der Waals surface area contributed by atoms with Crippen LogP contribution in [-0.2, 0) is 0 Å². The first-order valence-corrected chi connectivity index (χ1v) is 9.61. The van der Waals surface area contributed by atoms with Crippen molar-refractivity contribution in [1.29, 1.82) is 0 Å². The Bertz CT molecular complexity index is 1390. The summed E-state index contributed by atoms with van der Waals surface area (Å²) in [5.74, 6) is 0.661. The monoisotopic (exact) mass is 354 g/mol. The van der Waals surface area contributed by atoms with E-state index < -0.39 is 0 Å². The molecule has 3 heteroatoms. The van der Waals surface area contributed by atoms with Crippen LogP contribution in [0.5, 0.6) is 0 Å². The van der Waals surface area contributed by atoms with Crippen molar-refractivity contribution in [2.75, 3.05) is 0 Å². The van der Waals surface area contributed by atoms with Crippen LogP contribution in [0.1, 0.15) is 50.7 Å². The molecule has 3 aromatic carbocycles. The Labute approximate surface area is 157 Å². The maximum absolute atomic E-state index is 13.5. The van der Waals surface area contributed by atoms with Crippen LogP contribution in [0.25, 0.3) is 38.2 Å². The predicted molar refractivity (Wildman–Crippen MR) is 113 cm³/mol. The second-order valence-electron chi connectivity index (χ2n) is 8.04. The second-order valence-corrected chi connectivity index (χ2v) is 8.04. The van der Waals surface area contributed by atoms with Crippen LogP contribution in [0.2, 0.25) is 0 Å². The summed E-state index contributed by atoms with van der Waals surface area (Å²) in [5, 5.41) is 3.91. The van der Waals surface area contributed by atoms with Crippen LogP contribution >= 0.6 is 0 Å². The van der Waals surface area contributed by atoms with Crippen molar-refractivity contribution in [3.63, 3.8) is 0 Å². The van der Waals surface area contributed by atoms with E-state index in [1.54, 1.807) is 0 Å². The summed E-state index contributed by atoms with van der Waals surface area (Å²) in [4.78, 5) is 18.6. The fraction of sp³-hybridized carbons (Fsp3) is 0.250. The van der Waals surface area contributed by atoms with Gasteiger partial charge in [0.15, 0.2) is 0 Å². The van der Waals surface area contributed by atoms with Gasteiger partial charge in [0.1, 0.15) is 5.65 Å². The molecule has 0 aliphatic heterocycles. The van der Waals surface area contributed by atoms with Crippen molar-refractivity contribution in [2.45, 2.75) is 39.5 Å². The molecule has 0 unspecified atom stereocenters. The van der Waals surface area contributed by atoms with Crippen molar-refractivity contribution in [1.82, 2.24) is 9.38 Å². The molecule has 0 atom stereocenters. The molecule has 0 bridgehead atoms. The van der Waals surface area contributed by atoms with Crippen LogP contribution in [0.15, 0.2) is 53.3 Å². The summed E-state index contributed by atoms with van der Waals surface area (Å²) >= 11 is 0. The molecule has 3 nitrogen and oxygen atoms in total. The summed E-state index contributed by atoms with van der Waals surface area (Å²) in [7, 11) is 0. The summed E-state index contributed by atoms with van der Waals surface area (Å²) in [6.07, 6.45) is 0. The van der Waals surface area contributed by atoms with E-state index in [2.05, 4.69) is 58.0 Å². The normalized spacial score (nSPS) is 12.5. The average molecular weight is 354 g/mol. The smallest absolute Gasteiger partial charge is 0.264 e. The number of hydrogen-bond donors (Lipinski definition) is 0. The third kappa shape index (κ3) is 2.08. The number of nitrogens with zero attached hydrogens (tertiary/aromatic N) is 2. The topological polar surface area (TPSA) is 34.4 Å². The van der Waals surface area contributed by atoms with E-state index in [1.165, 1.54) is 11.1 Å². The van der Waals surface area contributed by atoms with Gasteiger partial charge in [0.05, 0.1) is 11.0 Å². The quantitative estimate of drug-likeness (QED) is 0.399. The Morgan fingerprint density at radius 1 is 0.815 bits per heavy atom. The number of rotatable bonds is 2. The number of pyridine rings is 1. The van der Waals surface area contributed by atoms with Gasteiger partial charge in [-0.3, -0.25) is 9.20 Å². The fourth-order valence-electron chi connectivity index (χ4n) is 4.36. The van der Waals surface area contributed by atoms with Gasteiger partial charge < -0.3 is 0 Å². The van der Waals surface area contributed by atoms with E-state index in [-0.39, 0.29) is 5.56 Å². The van der Waals surface area contributed by atoms with E-state index in [0.29, 0.717) is 11.8 Å². The highest BCUT2D eigenvalue weighted by Gasteiger charge is 2.21. The van der Waals surface area contributed by atoms with E-state index >= 15 is 0 Å². The molecule has 2 heterocycles. The molecule has 0 saturated carbocycles. The Balaban J connectivity index is 2.16. The van der Waals surface area contributed by atoms with Crippen molar-refractivity contribution in [2.24, 2.45) is 0 Å². The maximum Gasteiger partial charge on any atom is 0.264 e. The van der Waals surface area contributed by atoms with Gasteiger partial charge in [0, 0.05) is 16.2 Å². The molecule has 0 aliphatic rings. The van der Waals surface area contributed by atoms with Crippen LogP contribution in [0.4, 0.5) is 0 Å². The molecular weight excluding hydrogens is 332 g/mol. The number of aromatic nitrogens is 2. The maximum atomic E-state index is 13.5. The van der Waals surface area contributed by atoms with Crippen LogP contribution in [0.3, 0.4) is 0 Å². The minimum atomic E-state index is 0.0274. The lowest BCUT2D eigenvalue weighted by Crippen LogP contribution is -2.14. The molecule has 0 spiro atoms. The molecule has 134 valence electrons. The first kappa shape index (κ1) is 16.2. The minimum absolute atomic E-state index is 0.0274. The van der Waals surface area contributed by atoms with Gasteiger partial charge in [0.2, 0.25) is 0 Å². The molecule has 0 N–H and O–H groups in total. The summed E-state index contributed by atoms with van der Waals surface area (Å²) in [5.41, 5.74) is 5.11. The second kappa shape index (κ2) is 5.53. The van der Waals surface area contributed by atoms with Gasteiger partial charge in [-0.2, -0.15) is 0 Å². The van der Waals surface area contributed by atoms with Crippen molar-refractivity contribution in [3.05, 3.63) is 70.0 Å². The van der Waals surface area contributed by atoms with Gasteiger partial charge in [-0.05, 0) is 34.4 Å². The van der Waals surface area contributed by atoms with Gasteiger partial charge in [0.25, 0.3) is 5.56 Å². The highest BCUT2D eigenvalue weighted by Crippen LogP contribution is 2.35. The summed E-state index contributed by atoms with van der Waals surface area (Å²) in [6.45, 7) is 8.70. The zero-order valence-corrected chi connectivity index (χ0v) is 16.1. The number of fused-ring (bicyclic) bond motifs is 4. The standard InChI is InChI=1S/C24H22N2O/c1-13(2)16-11-12-17(14(3)4)22-21(16)25-23-18-9-5-7-15-8-6-10-19(20(15)18)24(27)26(22)23/h5-14H,1-4H3. The first-order chi connectivity index (χ1) is 13.0. The number of benzene rings is 3. The molecule has 5 rings (SSSR count). The summed E-state index contributed by atoms with van der Waals surface area (Å²) < 4.78 is 1.85. The molecule has 0 radical (unpaired) electrons. The van der Waals surface area contributed by atoms with Crippen molar-refractivity contribution < 1.29 is 0 Å². The van der Waals surface area contributed by atoms with Gasteiger partial charge in [-0.1, -0.05) is 70.2 Å². The molecule has 0 aliphatic carbocycles. The third-order valence-corrected chi connectivity index (χ3v) is 5.69. The van der Waals surface area contributed by atoms with Gasteiger partial charge >= 0.3 is 0 Å². The first-order valence-electron chi connectivity index (χ1n) is 9.61. The SMILES string of the molecule is CC(C)c1ccc(C(C)C)c2c1nc1c3cccc4cccc(c(=O)n12)c43. The van der Waals surface area contributed by atoms with E-state index in [4.69, 9.17) is 4.98 Å². The third-order valence-electron chi connectivity index (χ3n) is 5.69. The van der Waals surface area contributed by atoms with Crippen LogP contribution in [0, 0.1) is 0 Å². The van der Waals surface area contributed by atoms with Crippen LogP contribution < -0.4 is 5.56 Å².